The SMILES string of the molecule is CC(Cc1ccc(C2=CC=CCC2)cc1)c1ccc(-c2ccccc2)cc1. The molecule has 27 heavy (non-hydrogen) atoms. The molecule has 0 aliphatic heterocycles. The average Bonchev–Trinajstić information content (AvgIpc) is 2.76. The van der Waals surface area contributed by atoms with Crippen LogP contribution in [0.25, 0.3) is 16.7 Å². The molecule has 4 rings (SSSR count). The van der Waals surface area contributed by atoms with Crippen molar-refractivity contribution in [1.82, 2.24) is 0 Å². The van der Waals surface area contributed by atoms with E-state index >= 15 is 0 Å². The number of hydrogen-bond acceptors (Lipinski definition) is 0. The minimum absolute atomic E-state index is 0.512. The van der Waals surface area contributed by atoms with Crippen molar-refractivity contribution >= 4 is 5.57 Å². The van der Waals surface area contributed by atoms with Crippen LogP contribution in [-0.4, -0.2) is 0 Å². The van der Waals surface area contributed by atoms with Gasteiger partial charge < -0.3 is 0 Å². The van der Waals surface area contributed by atoms with Crippen molar-refractivity contribution in [2.24, 2.45) is 0 Å². The van der Waals surface area contributed by atoms with Crippen molar-refractivity contribution in [3.63, 3.8) is 0 Å². The zero-order chi connectivity index (χ0) is 18.5. The van der Waals surface area contributed by atoms with Crippen molar-refractivity contribution in [3.8, 4) is 11.1 Å². The molecule has 0 radical (unpaired) electrons. The Bertz CT molecular complexity index is 926. The topological polar surface area (TPSA) is 0 Å². The highest BCUT2D eigenvalue weighted by molar-refractivity contribution is 5.68. The lowest BCUT2D eigenvalue weighted by Crippen LogP contribution is -1.99. The van der Waals surface area contributed by atoms with Crippen LogP contribution in [0.4, 0.5) is 0 Å². The number of benzene rings is 3. The van der Waals surface area contributed by atoms with Gasteiger partial charge >= 0.3 is 0 Å². The van der Waals surface area contributed by atoms with E-state index in [0.29, 0.717) is 5.92 Å². The summed E-state index contributed by atoms with van der Waals surface area (Å²) >= 11 is 0. The first-order valence-electron chi connectivity index (χ1n) is 9.90. The molecule has 0 heterocycles. The van der Waals surface area contributed by atoms with Crippen molar-refractivity contribution in [3.05, 3.63) is 114 Å². The van der Waals surface area contributed by atoms with Gasteiger partial charge in [-0.05, 0) is 58.6 Å². The molecule has 134 valence electrons. The highest BCUT2D eigenvalue weighted by Crippen LogP contribution is 2.27. The number of hydrogen-bond donors (Lipinski definition) is 0. The maximum absolute atomic E-state index is 2.32. The largest absolute Gasteiger partial charge is 0.0842 e. The quantitative estimate of drug-likeness (QED) is 0.449. The Morgan fingerprint density at radius 1 is 0.741 bits per heavy atom. The van der Waals surface area contributed by atoms with E-state index in [1.807, 2.05) is 0 Å². The smallest absolute Gasteiger partial charge is 0.0150 e. The van der Waals surface area contributed by atoms with E-state index in [0.717, 1.165) is 19.3 Å². The molecule has 0 bridgehead atoms. The molecule has 1 atom stereocenters. The summed E-state index contributed by atoms with van der Waals surface area (Å²) < 4.78 is 0. The van der Waals surface area contributed by atoms with Crippen LogP contribution in [0.2, 0.25) is 0 Å². The van der Waals surface area contributed by atoms with E-state index < -0.39 is 0 Å². The van der Waals surface area contributed by atoms with Gasteiger partial charge in [-0.25, -0.2) is 0 Å². The molecule has 0 spiro atoms. The van der Waals surface area contributed by atoms with E-state index in [2.05, 4.69) is 104 Å². The van der Waals surface area contributed by atoms with E-state index in [9.17, 15) is 0 Å². The third-order valence-electron chi connectivity index (χ3n) is 5.47. The van der Waals surface area contributed by atoms with Crippen molar-refractivity contribution in [2.45, 2.75) is 32.1 Å². The highest BCUT2D eigenvalue weighted by Gasteiger charge is 2.09. The summed E-state index contributed by atoms with van der Waals surface area (Å²) in [7, 11) is 0. The first-order chi connectivity index (χ1) is 13.3. The van der Waals surface area contributed by atoms with E-state index in [4.69, 9.17) is 0 Å². The maximum Gasteiger partial charge on any atom is -0.0150 e. The Balaban J connectivity index is 1.43. The second kappa shape index (κ2) is 8.22. The molecule has 0 aromatic heterocycles. The van der Waals surface area contributed by atoms with Gasteiger partial charge in [0, 0.05) is 0 Å². The molecule has 0 saturated heterocycles. The van der Waals surface area contributed by atoms with Crippen LogP contribution in [0.15, 0.2) is 97.1 Å². The first kappa shape index (κ1) is 17.5. The first-order valence-corrected chi connectivity index (χ1v) is 9.90. The summed E-state index contributed by atoms with van der Waals surface area (Å²) in [6.45, 7) is 2.32. The second-order valence-electron chi connectivity index (χ2n) is 7.45. The van der Waals surface area contributed by atoms with Gasteiger partial charge in [-0.1, -0.05) is 104 Å². The fourth-order valence-corrected chi connectivity index (χ4v) is 3.80. The molecule has 3 aromatic rings. The normalized spacial score (nSPS) is 14.6. The second-order valence-corrected chi connectivity index (χ2v) is 7.45. The van der Waals surface area contributed by atoms with Crippen LogP contribution in [0.1, 0.15) is 42.4 Å². The minimum atomic E-state index is 0.512. The summed E-state index contributed by atoms with van der Waals surface area (Å²) in [6, 6.07) is 28.8. The van der Waals surface area contributed by atoms with Crippen LogP contribution in [-0.2, 0) is 6.42 Å². The lowest BCUT2D eigenvalue weighted by atomic mass is 9.91. The van der Waals surface area contributed by atoms with Gasteiger partial charge in [0.25, 0.3) is 0 Å². The summed E-state index contributed by atoms with van der Waals surface area (Å²) in [5.74, 6) is 0.512. The molecule has 1 aliphatic rings. The molecule has 0 fully saturated rings. The summed E-state index contributed by atoms with van der Waals surface area (Å²) in [5, 5.41) is 0. The van der Waals surface area contributed by atoms with Crippen molar-refractivity contribution in [1.29, 1.82) is 0 Å². The summed E-state index contributed by atoms with van der Waals surface area (Å²) in [5.41, 5.74) is 8.19. The van der Waals surface area contributed by atoms with Gasteiger partial charge in [-0.15, -0.1) is 0 Å². The minimum Gasteiger partial charge on any atom is -0.0842 e. The van der Waals surface area contributed by atoms with Crippen LogP contribution < -0.4 is 0 Å². The van der Waals surface area contributed by atoms with E-state index in [1.165, 1.54) is 33.4 Å². The highest BCUT2D eigenvalue weighted by atomic mass is 14.1. The fourth-order valence-electron chi connectivity index (χ4n) is 3.80. The molecule has 0 saturated carbocycles. The molecule has 0 N–H and O–H groups in total. The van der Waals surface area contributed by atoms with Gasteiger partial charge in [0.05, 0.1) is 0 Å². The molecule has 0 nitrogen and oxygen atoms in total. The summed E-state index contributed by atoms with van der Waals surface area (Å²) in [4.78, 5) is 0. The van der Waals surface area contributed by atoms with Crippen LogP contribution in [0.5, 0.6) is 0 Å². The Morgan fingerprint density at radius 3 is 2.07 bits per heavy atom. The van der Waals surface area contributed by atoms with Crippen LogP contribution >= 0.6 is 0 Å². The zero-order valence-corrected chi connectivity index (χ0v) is 15.9. The van der Waals surface area contributed by atoms with Crippen LogP contribution in [0.3, 0.4) is 0 Å². The predicted octanol–water partition coefficient (Wildman–Crippen LogP) is 7.43. The molecule has 0 heteroatoms. The Labute approximate surface area is 162 Å². The fraction of sp³-hybridized carbons (Fsp3) is 0.185. The lowest BCUT2D eigenvalue weighted by molar-refractivity contribution is 0.759. The Hall–Kier alpha value is -2.86. The molecular weight excluding hydrogens is 324 g/mol. The van der Waals surface area contributed by atoms with E-state index in [-0.39, 0.29) is 0 Å². The van der Waals surface area contributed by atoms with E-state index in [1.54, 1.807) is 0 Å². The maximum atomic E-state index is 2.32. The van der Waals surface area contributed by atoms with Gasteiger partial charge in [0.2, 0.25) is 0 Å². The monoisotopic (exact) mass is 350 g/mol. The van der Waals surface area contributed by atoms with Gasteiger partial charge in [0.15, 0.2) is 0 Å². The number of allylic oxidation sites excluding steroid dienone is 4. The molecular formula is C27H26. The zero-order valence-electron chi connectivity index (χ0n) is 15.9. The van der Waals surface area contributed by atoms with Gasteiger partial charge in [-0.3, -0.25) is 0 Å². The summed E-state index contributed by atoms with van der Waals surface area (Å²) in [6.07, 6.45) is 10.0. The van der Waals surface area contributed by atoms with Gasteiger partial charge in [-0.2, -0.15) is 0 Å². The number of rotatable bonds is 5. The van der Waals surface area contributed by atoms with Crippen molar-refractivity contribution in [2.75, 3.05) is 0 Å². The molecule has 1 aliphatic carbocycles. The van der Waals surface area contributed by atoms with Crippen molar-refractivity contribution < 1.29 is 0 Å². The Kier molecular flexibility index (Phi) is 5.34. The third-order valence-corrected chi connectivity index (χ3v) is 5.47. The molecule has 3 aromatic carbocycles. The molecule has 0 amide bonds. The van der Waals surface area contributed by atoms with Gasteiger partial charge in [0.1, 0.15) is 0 Å². The average molecular weight is 351 g/mol. The standard InChI is InChI=1S/C27H26/c1-21(23-16-18-27(19-17-23)25-10-6-3-7-11-25)20-22-12-14-26(15-13-22)24-8-4-2-5-9-24/h2-4,6-8,10-19,21H,5,9,20H2,1H3. The molecule has 1 unspecified atom stereocenters. The third kappa shape index (κ3) is 4.28. The lowest BCUT2D eigenvalue weighted by Gasteiger charge is -2.14. The van der Waals surface area contributed by atoms with Crippen LogP contribution in [0, 0.1) is 0 Å². The predicted molar refractivity (Wildman–Crippen MR) is 117 cm³/mol. The Morgan fingerprint density at radius 2 is 1.41 bits per heavy atom.